The summed E-state index contributed by atoms with van der Waals surface area (Å²) in [5.74, 6) is 0.606. The third-order valence-corrected chi connectivity index (χ3v) is 1.88. The number of aromatic amines is 1. The van der Waals surface area contributed by atoms with Gasteiger partial charge in [0.25, 0.3) is 0 Å². The highest BCUT2D eigenvalue weighted by Gasteiger charge is 2.04. The van der Waals surface area contributed by atoms with Crippen LogP contribution in [0.3, 0.4) is 0 Å². The topological polar surface area (TPSA) is 55.0 Å². The van der Waals surface area contributed by atoms with Crippen LogP contribution in [-0.2, 0) is 16.0 Å². The highest BCUT2D eigenvalue weighted by Crippen LogP contribution is 2.06. The van der Waals surface area contributed by atoms with Crippen LogP contribution in [0.4, 0.5) is 0 Å². The van der Waals surface area contributed by atoms with Crippen molar-refractivity contribution < 1.29 is 9.53 Å². The Morgan fingerprint density at radius 2 is 2.54 bits per heavy atom. The Morgan fingerprint density at radius 3 is 3.08 bits per heavy atom. The van der Waals surface area contributed by atoms with Crippen LogP contribution in [-0.4, -0.2) is 22.5 Å². The lowest BCUT2D eigenvalue weighted by atomic mass is 10.3. The van der Waals surface area contributed by atoms with Crippen LogP contribution < -0.4 is 0 Å². The van der Waals surface area contributed by atoms with Crippen LogP contribution in [0.5, 0.6) is 0 Å². The number of nitrogens with one attached hydrogen (secondary N) is 1. The van der Waals surface area contributed by atoms with Crippen molar-refractivity contribution in [2.45, 2.75) is 19.8 Å². The molecular weight excluding hydrogens is 236 g/mol. The van der Waals surface area contributed by atoms with Crippen LogP contribution in [0, 0.1) is 0 Å². The van der Waals surface area contributed by atoms with Gasteiger partial charge in [0.2, 0.25) is 0 Å². The fourth-order valence-corrected chi connectivity index (χ4v) is 1.25. The molecule has 0 saturated heterocycles. The second-order valence-corrected chi connectivity index (χ2v) is 3.29. The third kappa shape index (κ3) is 3.59. The molecule has 0 saturated carbocycles. The van der Waals surface area contributed by atoms with E-state index in [1.54, 1.807) is 13.1 Å². The van der Waals surface area contributed by atoms with Gasteiger partial charge in [-0.25, -0.2) is 4.98 Å². The van der Waals surface area contributed by atoms with Gasteiger partial charge in [0.1, 0.15) is 10.4 Å². The zero-order chi connectivity index (χ0) is 9.68. The van der Waals surface area contributed by atoms with E-state index in [1.807, 2.05) is 0 Å². The minimum Gasteiger partial charge on any atom is -0.466 e. The number of imidazole rings is 1. The molecule has 1 rings (SSSR count). The van der Waals surface area contributed by atoms with Gasteiger partial charge in [0, 0.05) is 12.6 Å². The lowest BCUT2D eigenvalue weighted by molar-refractivity contribution is -0.143. The summed E-state index contributed by atoms with van der Waals surface area (Å²) in [4.78, 5) is 18.0. The maximum atomic E-state index is 10.9. The van der Waals surface area contributed by atoms with Gasteiger partial charge in [0.05, 0.1) is 13.0 Å². The van der Waals surface area contributed by atoms with E-state index in [0.29, 0.717) is 19.4 Å². The van der Waals surface area contributed by atoms with Gasteiger partial charge in [-0.3, -0.25) is 4.79 Å². The Kier molecular flexibility index (Phi) is 3.95. The molecule has 1 aromatic rings. The monoisotopic (exact) mass is 246 g/mol. The Balaban J connectivity index is 2.30. The lowest BCUT2D eigenvalue weighted by Gasteiger charge is -1.98. The molecule has 4 nitrogen and oxygen atoms in total. The van der Waals surface area contributed by atoms with Crippen LogP contribution in [0.2, 0.25) is 0 Å². The molecule has 72 valence electrons. The van der Waals surface area contributed by atoms with Crippen molar-refractivity contribution in [2.24, 2.45) is 0 Å². The lowest BCUT2D eigenvalue weighted by Crippen LogP contribution is -2.05. The summed E-state index contributed by atoms with van der Waals surface area (Å²) in [7, 11) is 0. The molecule has 0 radical (unpaired) electrons. The van der Waals surface area contributed by atoms with Crippen molar-refractivity contribution in [3.63, 3.8) is 0 Å². The fourth-order valence-electron chi connectivity index (χ4n) is 0.918. The molecular formula is C8H11BrN2O2. The second-order valence-electron chi connectivity index (χ2n) is 2.47. The number of hydrogen-bond acceptors (Lipinski definition) is 3. The molecule has 1 aromatic heterocycles. The van der Waals surface area contributed by atoms with E-state index in [9.17, 15) is 4.79 Å². The van der Waals surface area contributed by atoms with Crippen LogP contribution >= 0.6 is 15.9 Å². The van der Waals surface area contributed by atoms with Crippen LogP contribution in [0.15, 0.2) is 10.8 Å². The van der Waals surface area contributed by atoms with E-state index >= 15 is 0 Å². The smallest absolute Gasteiger partial charge is 0.306 e. The Labute approximate surface area is 84.8 Å². The number of aromatic nitrogens is 2. The molecule has 1 N–H and O–H groups in total. The van der Waals surface area contributed by atoms with E-state index in [2.05, 4.69) is 25.9 Å². The summed E-state index contributed by atoms with van der Waals surface area (Å²) in [5, 5.41) is 0. The van der Waals surface area contributed by atoms with Crippen molar-refractivity contribution in [1.29, 1.82) is 0 Å². The average molecular weight is 247 g/mol. The van der Waals surface area contributed by atoms with Crippen molar-refractivity contribution in [3.05, 3.63) is 16.6 Å². The number of esters is 1. The van der Waals surface area contributed by atoms with E-state index in [4.69, 9.17) is 4.74 Å². The highest BCUT2D eigenvalue weighted by molar-refractivity contribution is 9.10. The maximum Gasteiger partial charge on any atom is 0.306 e. The first kappa shape index (κ1) is 10.2. The number of H-pyrrole nitrogens is 1. The van der Waals surface area contributed by atoms with Crippen molar-refractivity contribution in [3.8, 4) is 0 Å². The molecule has 0 fully saturated rings. The molecule has 0 aromatic carbocycles. The minimum atomic E-state index is -0.185. The summed E-state index contributed by atoms with van der Waals surface area (Å²) >= 11 is 3.21. The van der Waals surface area contributed by atoms with E-state index in [1.165, 1.54) is 0 Å². The quantitative estimate of drug-likeness (QED) is 0.823. The molecule has 0 unspecified atom stereocenters. The molecule has 0 aliphatic carbocycles. The summed E-state index contributed by atoms with van der Waals surface area (Å²) in [5.41, 5.74) is 0. The normalized spacial score (nSPS) is 10.0. The number of aryl methyl sites for hydroxylation is 1. The largest absolute Gasteiger partial charge is 0.466 e. The predicted molar refractivity (Wildman–Crippen MR) is 51.2 cm³/mol. The number of carbonyl (C=O) groups is 1. The average Bonchev–Trinajstić information content (AvgIpc) is 2.49. The van der Waals surface area contributed by atoms with Gasteiger partial charge < -0.3 is 9.72 Å². The molecule has 0 bridgehead atoms. The first-order valence-electron chi connectivity index (χ1n) is 4.07. The first-order valence-corrected chi connectivity index (χ1v) is 4.87. The third-order valence-electron chi connectivity index (χ3n) is 1.47. The summed E-state index contributed by atoms with van der Waals surface area (Å²) < 4.78 is 5.53. The summed E-state index contributed by atoms with van der Waals surface area (Å²) in [6.45, 7) is 2.22. The van der Waals surface area contributed by atoms with Crippen molar-refractivity contribution in [1.82, 2.24) is 9.97 Å². The van der Waals surface area contributed by atoms with Crippen LogP contribution in [0.25, 0.3) is 0 Å². The summed E-state index contributed by atoms with van der Waals surface area (Å²) in [6, 6.07) is 0. The van der Waals surface area contributed by atoms with E-state index in [-0.39, 0.29) is 5.97 Å². The van der Waals surface area contributed by atoms with Gasteiger partial charge in [-0.05, 0) is 22.9 Å². The van der Waals surface area contributed by atoms with Gasteiger partial charge in [-0.2, -0.15) is 0 Å². The Morgan fingerprint density at radius 1 is 1.77 bits per heavy atom. The molecule has 0 amide bonds. The second kappa shape index (κ2) is 5.01. The molecule has 0 aliphatic rings. The molecule has 0 aliphatic heterocycles. The predicted octanol–water partition coefficient (Wildman–Crippen LogP) is 1.67. The molecule has 13 heavy (non-hydrogen) atoms. The SMILES string of the molecule is CCOC(=O)CCc1nc(Br)c[nH]1. The fraction of sp³-hybridized carbons (Fsp3) is 0.500. The first-order chi connectivity index (χ1) is 6.22. The number of ether oxygens (including phenoxy) is 1. The van der Waals surface area contributed by atoms with Gasteiger partial charge in [-0.15, -0.1) is 0 Å². The van der Waals surface area contributed by atoms with Crippen LogP contribution in [0.1, 0.15) is 19.2 Å². The van der Waals surface area contributed by atoms with Crippen molar-refractivity contribution >= 4 is 21.9 Å². The Hall–Kier alpha value is -0.840. The number of hydrogen-bond donors (Lipinski definition) is 1. The number of rotatable bonds is 4. The number of carbonyl (C=O) groups excluding carboxylic acids is 1. The van der Waals surface area contributed by atoms with Gasteiger partial charge in [-0.1, -0.05) is 0 Å². The molecule has 1 heterocycles. The zero-order valence-electron chi connectivity index (χ0n) is 7.34. The maximum absolute atomic E-state index is 10.9. The van der Waals surface area contributed by atoms with Gasteiger partial charge >= 0.3 is 5.97 Å². The number of halogens is 1. The van der Waals surface area contributed by atoms with Crippen molar-refractivity contribution in [2.75, 3.05) is 6.61 Å². The minimum absolute atomic E-state index is 0.185. The number of nitrogens with zero attached hydrogens (tertiary/aromatic N) is 1. The molecule has 0 spiro atoms. The molecule has 0 atom stereocenters. The highest BCUT2D eigenvalue weighted by atomic mass is 79.9. The molecule has 5 heteroatoms. The summed E-state index contributed by atoms with van der Waals surface area (Å²) in [6.07, 6.45) is 2.69. The van der Waals surface area contributed by atoms with Gasteiger partial charge in [0.15, 0.2) is 0 Å². The standard InChI is InChI=1S/C8H11BrN2O2/c1-2-13-8(12)4-3-7-10-5-6(9)11-7/h5H,2-4H2,1H3,(H,10,11). The van der Waals surface area contributed by atoms with E-state index < -0.39 is 0 Å². The Bertz CT molecular complexity index is 285. The zero-order valence-corrected chi connectivity index (χ0v) is 8.93. The van der Waals surface area contributed by atoms with E-state index in [0.717, 1.165) is 10.4 Å².